The van der Waals surface area contributed by atoms with Gasteiger partial charge in [0.15, 0.2) is 24.8 Å². The van der Waals surface area contributed by atoms with Gasteiger partial charge in [0, 0.05) is 0 Å². The highest BCUT2D eigenvalue weighted by molar-refractivity contribution is 5.23. The van der Waals surface area contributed by atoms with Crippen LogP contribution in [-0.2, 0) is 13.2 Å². The monoisotopic (exact) mass is 300 g/mol. The maximum Gasteiger partial charge on any atom is 0.254 e. The fourth-order valence-corrected chi connectivity index (χ4v) is 1.77. The summed E-state index contributed by atoms with van der Waals surface area (Å²) in [5.74, 6) is 1.01. The van der Waals surface area contributed by atoms with Gasteiger partial charge in [0.05, 0.1) is 0 Å². The van der Waals surface area contributed by atoms with Crippen molar-refractivity contribution in [3.05, 3.63) is 72.2 Å². The van der Waals surface area contributed by atoms with Crippen LogP contribution in [0.1, 0.15) is 11.8 Å². The molecule has 0 bridgehead atoms. The maximum atomic E-state index is 13.4. The molecule has 3 aromatic rings. The summed E-state index contributed by atoms with van der Waals surface area (Å²) in [5, 5.41) is 7.68. The summed E-state index contributed by atoms with van der Waals surface area (Å²) < 4.78 is 29.5. The highest BCUT2D eigenvalue weighted by Gasteiger charge is 2.09. The van der Waals surface area contributed by atoms with E-state index in [1.807, 2.05) is 30.3 Å². The Kier molecular flexibility index (Phi) is 4.29. The summed E-state index contributed by atoms with van der Waals surface area (Å²) in [6.07, 6.45) is 0. The van der Waals surface area contributed by atoms with Crippen molar-refractivity contribution in [1.29, 1.82) is 0 Å². The number of aromatic nitrogens is 2. The third kappa shape index (κ3) is 3.60. The molecule has 6 heteroatoms. The minimum atomic E-state index is -0.436. The van der Waals surface area contributed by atoms with Crippen molar-refractivity contribution >= 4 is 0 Å². The Balaban J connectivity index is 1.54. The van der Waals surface area contributed by atoms with Crippen LogP contribution < -0.4 is 9.47 Å². The van der Waals surface area contributed by atoms with Crippen molar-refractivity contribution < 1.29 is 18.3 Å². The molecule has 0 aliphatic carbocycles. The highest BCUT2D eigenvalue weighted by Crippen LogP contribution is 2.17. The van der Waals surface area contributed by atoms with Crippen molar-refractivity contribution in [1.82, 2.24) is 10.2 Å². The van der Waals surface area contributed by atoms with E-state index in [9.17, 15) is 4.39 Å². The standard InChI is InChI=1S/C16H13FN2O3/c17-13-8-4-5-9-14(13)21-11-16-19-18-15(22-16)10-20-12-6-2-1-3-7-12/h1-9H,10-11H2. The normalized spacial score (nSPS) is 10.4. The van der Waals surface area contributed by atoms with E-state index in [0.29, 0.717) is 11.6 Å². The van der Waals surface area contributed by atoms with Crippen LogP contribution in [0.25, 0.3) is 0 Å². The minimum Gasteiger partial charge on any atom is -0.484 e. The number of hydrogen-bond donors (Lipinski definition) is 0. The molecule has 0 aliphatic heterocycles. The van der Waals surface area contributed by atoms with E-state index < -0.39 is 5.82 Å². The third-order valence-corrected chi connectivity index (χ3v) is 2.80. The zero-order valence-corrected chi connectivity index (χ0v) is 11.6. The van der Waals surface area contributed by atoms with Crippen LogP contribution in [0, 0.1) is 5.82 Å². The molecular weight excluding hydrogens is 287 g/mol. The van der Waals surface area contributed by atoms with E-state index in [2.05, 4.69) is 10.2 Å². The number of rotatable bonds is 6. The molecule has 22 heavy (non-hydrogen) atoms. The lowest BCUT2D eigenvalue weighted by Gasteiger charge is -2.03. The summed E-state index contributed by atoms with van der Waals surface area (Å²) in [5.41, 5.74) is 0. The van der Waals surface area contributed by atoms with Gasteiger partial charge in [-0.2, -0.15) is 0 Å². The molecule has 2 aromatic carbocycles. The zero-order valence-electron chi connectivity index (χ0n) is 11.6. The molecular formula is C16H13FN2O3. The Hall–Kier alpha value is -2.89. The van der Waals surface area contributed by atoms with E-state index in [-0.39, 0.29) is 24.9 Å². The fraction of sp³-hybridized carbons (Fsp3) is 0.125. The lowest BCUT2D eigenvalue weighted by atomic mass is 10.3. The van der Waals surface area contributed by atoms with Crippen LogP contribution in [0.3, 0.4) is 0 Å². The van der Waals surface area contributed by atoms with Crippen molar-refractivity contribution in [2.24, 2.45) is 0 Å². The number of halogens is 1. The molecule has 5 nitrogen and oxygen atoms in total. The van der Waals surface area contributed by atoms with Crippen molar-refractivity contribution in [3.63, 3.8) is 0 Å². The molecule has 1 aromatic heterocycles. The first-order valence-corrected chi connectivity index (χ1v) is 6.68. The van der Waals surface area contributed by atoms with Crippen molar-refractivity contribution in [2.75, 3.05) is 0 Å². The van der Waals surface area contributed by atoms with Crippen LogP contribution >= 0.6 is 0 Å². The Morgan fingerprint density at radius 3 is 2.18 bits per heavy atom. The molecule has 1 heterocycles. The number of hydrogen-bond acceptors (Lipinski definition) is 5. The number of nitrogens with zero attached hydrogens (tertiary/aromatic N) is 2. The topological polar surface area (TPSA) is 57.4 Å². The summed E-state index contributed by atoms with van der Waals surface area (Å²) >= 11 is 0. The SMILES string of the molecule is Fc1ccccc1OCc1nnc(COc2ccccc2)o1. The number of benzene rings is 2. The Morgan fingerprint density at radius 1 is 0.818 bits per heavy atom. The molecule has 0 aliphatic rings. The molecule has 112 valence electrons. The van der Waals surface area contributed by atoms with Gasteiger partial charge in [-0.15, -0.1) is 10.2 Å². The van der Waals surface area contributed by atoms with Gasteiger partial charge in [0.1, 0.15) is 5.75 Å². The van der Waals surface area contributed by atoms with Gasteiger partial charge in [0.2, 0.25) is 0 Å². The Labute approximate surface area is 126 Å². The lowest BCUT2D eigenvalue weighted by Crippen LogP contribution is -1.97. The van der Waals surface area contributed by atoms with Crippen LogP contribution in [0.4, 0.5) is 4.39 Å². The summed E-state index contributed by atoms with van der Waals surface area (Å²) in [6.45, 7) is 0.163. The van der Waals surface area contributed by atoms with Crippen molar-refractivity contribution in [3.8, 4) is 11.5 Å². The molecule has 0 amide bonds. The zero-order chi connectivity index (χ0) is 15.2. The molecule has 0 N–H and O–H groups in total. The molecule has 0 saturated heterocycles. The van der Waals surface area contributed by atoms with Gasteiger partial charge in [-0.3, -0.25) is 0 Å². The minimum absolute atomic E-state index is 0.000724. The number of ether oxygens (including phenoxy) is 2. The first-order chi connectivity index (χ1) is 10.8. The molecule has 0 radical (unpaired) electrons. The quantitative estimate of drug-likeness (QED) is 0.698. The van der Waals surface area contributed by atoms with E-state index in [1.54, 1.807) is 12.1 Å². The van der Waals surface area contributed by atoms with E-state index in [1.165, 1.54) is 12.1 Å². The predicted molar refractivity (Wildman–Crippen MR) is 75.8 cm³/mol. The second kappa shape index (κ2) is 6.71. The smallest absolute Gasteiger partial charge is 0.254 e. The fourth-order valence-electron chi connectivity index (χ4n) is 1.77. The van der Waals surface area contributed by atoms with Gasteiger partial charge >= 0.3 is 0 Å². The Bertz CT molecular complexity index is 731. The molecule has 3 rings (SSSR count). The summed E-state index contributed by atoms with van der Waals surface area (Å²) in [6, 6.07) is 15.4. The molecule has 0 atom stereocenters. The van der Waals surface area contributed by atoms with Gasteiger partial charge in [-0.05, 0) is 24.3 Å². The Morgan fingerprint density at radius 2 is 1.45 bits per heavy atom. The highest BCUT2D eigenvalue weighted by atomic mass is 19.1. The first kappa shape index (κ1) is 14.1. The predicted octanol–water partition coefficient (Wildman–Crippen LogP) is 3.37. The average Bonchev–Trinajstić information content (AvgIpc) is 3.01. The molecule has 0 saturated carbocycles. The third-order valence-electron chi connectivity index (χ3n) is 2.80. The van der Waals surface area contributed by atoms with Gasteiger partial charge < -0.3 is 13.9 Å². The second-order valence-corrected chi connectivity index (χ2v) is 4.41. The van der Waals surface area contributed by atoms with E-state index in [4.69, 9.17) is 13.9 Å². The molecule has 0 fully saturated rings. The number of para-hydroxylation sites is 2. The second-order valence-electron chi connectivity index (χ2n) is 4.41. The van der Waals surface area contributed by atoms with Crippen molar-refractivity contribution in [2.45, 2.75) is 13.2 Å². The van der Waals surface area contributed by atoms with E-state index in [0.717, 1.165) is 0 Å². The van der Waals surface area contributed by atoms with Crippen LogP contribution in [0.15, 0.2) is 59.0 Å². The largest absolute Gasteiger partial charge is 0.484 e. The van der Waals surface area contributed by atoms with Crippen LogP contribution in [-0.4, -0.2) is 10.2 Å². The summed E-state index contributed by atoms with van der Waals surface area (Å²) in [4.78, 5) is 0. The molecule has 0 spiro atoms. The van der Waals surface area contributed by atoms with Gasteiger partial charge in [-0.25, -0.2) is 4.39 Å². The first-order valence-electron chi connectivity index (χ1n) is 6.68. The summed E-state index contributed by atoms with van der Waals surface area (Å²) in [7, 11) is 0. The van der Waals surface area contributed by atoms with Crippen LogP contribution in [0.5, 0.6) is 11.5 Å². The lowest BCUT2D eigenvalue weighted by molar-refractivity contribution is 0.227. The van der Waals surface area contributed by atoms with Crippen LogP contribution in [0.2, 0.25) is 0 Å². The van der Waals surface area contributed by atoms with Gasteiger partial charge in [-0.1, -0.05) is 30.3 Å². The van der Waals surface area contributed by atoms with Gasteiger partial charge in [0.25, 0.3) is 11.8 Å². The average molecular weight is 300 g/mol. The molecule has 0 unspecified atom stereocenters. The van der Waals surface area contributed by atoms with E-state index >= 15 is 0 Å². The maximum absolute atomic E-state index is 13.4.